The third-order valence-electron chi connectivity index (χ3n) is 3.19. The predicted octanol–water partition coefficient (Wildman–Crippen LogP) is 2.11. The fourth-order valence-electron chi connectivity index (χ4n) is 1.99. The summed E-state index contributed by atoms with van der Waals surface area (Å²) < 4.78 is 38.1. The Kier molecular flexibility index (Phi) is 4.78. The van der Waals surface area contributed by atoms with Crippen molar-refractivity contribution in [2.75, 3.05) is 13.1 Å². The normalized spacial score (nSPS) is 19.7. The van der Waals surface area contributed by atoms with Crippen molar-refractivity contribution in [1.82, 2.24) is 4.90 Å². The van der Waals surface area contributed by atoms with E-state index in [1.807, 2.05) is 0 Å². The van der Waals surface area contributed by atoms with Gasteiger partial charge in [0, 0.05) is 19.5 Å². The van der Waals surface area contributed by atoms with Crippen LogP contribution >= 0.6 is 0 Å². The van der Waals surface area contributed by atoms with E-state index in [-0.39, 0.29) is 5.57 Å². The van der Waals surface area contributed by atoms with Gasteiger partial charge in [0.25, 0.3) is 0 Å². The van der Waals surface area contributed by atoms with Gasteiger partial charge in [0.15, 0.2) is 0 Å². The van der Waals surface area contributed by atoms with Gasteiger partial charge in [-0.15, -0.1) is 0 Å². The number of allylic oxidation sites excluding steroid dienone is 1. The number of carbonyl (C=O) groups is 1. The molecule has 1 unspecified atom stereocenters. The van der Waals surface area contributed by atoms with E-state index < -0.39 is 30.5 Å². The quantitative estimate of drug-likeness (QED) is 0.794. The Labute approximate surface area is 104 Å². The fraction of sp³-hybridized carbons (Fsp3) is 0.750. The van der Waals surface area contributed by atoms with Crippen molar-refractivity contribution >= 4 is 5.91 Å². The van der Waals surface area contributed by atoms with Crippen molar-refractivity contribution in [3.8, 4) is 0 Å². The van der Waals surface area contributed by atoms with Crippen LogP contribution in [0.15, 0.2) is 12.2 Å². The third kappa shape index (κ3) is 4.01. The number of carbonyl (C=O) groups excluding carboxylic acids is 1. The van der Waals surface area contributed by atoms with Crippen LogP contribution in [0.3, 0.4) is 0 Å². The number of aliphatic hydroxyl groups excluding tert-OH is 1. The summed E-state index contributed by atoms with van der Waals surface area (Å²) in [5.74, 6) is -2.30. The van der Waals surface area contributed by atoms with Crippen LogP contribution < -0.4 is 0 Å². The molecule has 0 bridgehead atoms. The minimum absolute atomic E-state index is 0.0482. The first-order valence-electron chi connectivity index (χ1n) is 5.89. The van der Waals surface area contributed by atoms with Crippen molar-refractivity contribution in [3.63, 3.8) is 0 Å². The highest BCUT2D eigenvalue weighted by Crippen LogP contribution is 2.34. The molecule has 1 rings (SSSR count). The molecule has 1 N–H and O–H groups in total. The number of alkyl halides is 3. The van der Waals surface area contributed by atoms with Crippen LogP contribution in [0.2, 0.25) is 0 Å². The summed E-state index contributed by atoms with van der Waals surface area (Å²) in [4.78, 5) is 13.2. The number of halogens is 3. The van der Waals surface area contributed by atoms with E-state index in [9.17, 15) is 23.1 Å². The minimum atomic E-state index is -4.43. The molecule has 0 spiro atoms. The van der Waals surface area contributed by atoms with Crippen molar-refractivity contribution in [3.05, 3.63) is 12.2 Å². The van der Waals surface area contributed by atoms with Gasteiger partial charge in [-0.3, -0.25) is 4.79 Å². The van der Waals surface area contributed by atoms with Gasteiger partial charge < -0.3 is 10.0 Å². The lowest BCUT2D eigenvalue weighted by Gasteiger charge is -2.31. The van der Waals surface area contributed by atoms with Gasteiger partial charge in [0.1, 0.15) is 0 Å². The highest BCUT2D eigenvalue weighted by molar-refractivity contribution is 5.77. The lowest BCUT2D eigenvalue weighted by molar-refractivity contribution is -0.172. The van der Waals surface area contributed by atoms with Gasteiger partial charge in [0.2, 0.25) is 5.91 Å². The molecule has 104 valence electrons. The molecule has 1 aliphatic heterocycles. The third-order valence-corrected chi connectivity index (χ3v) is 3.19. The van der Waals surface area contributed by atoms with Gasteiger partial charge in [-0.2, -0.15) is 13.2 Å². The molecule has 18 heavy (non-hydrogen) atoms. The maximum absolute atomic E-state index is 12.7. The largest absolute Gasteiger partial charge is 0.395 e. The molecule has 1 heterocycles. The molecule has 1 amide bonds. The molecule has 0 aromatic heterocycles. The van der Waals surface area contributed by atoms with Crippen LogP contribution in [0.25, 0.3) is 0 Å². The maximum atomic E-state index is 12.7. The highest BCUT2D eigenvalue weighted by atomic mass is 19.4. The molecule has 1 aliphatic rings. The van der Waals surface area contributed by atoms with Crippen LogP contribution in [-0.2, 0) is 4.79 Å². The molecule has 0 aromatic rings. The summed E-state index contributed by atoms with van der Waals surface area (Å²) in [6, 6.07) is 0. The van der Waals surface area contributed by atoms with E-state index in [0.29, 0.717) is 25.9 Å². The first-order valence-corrected chi connectivity index (χ1v) is 5.89. The molecule has 1 fully saturated rings. The Bertz CT molecular complexity index is 320. The van der Waals surface area contributed by atoms with Crippen molar-refractivity contribution < 1.29 is 23.1 Å². The zero-order valence-electron chi connectivity index (χ0n) is 10.3. The molecule has 0 aromatic carbocycles. The molecule has 3 nitrogen and oxygen atoms in total. The second-order valence-electron chi connectivity index (χ2n) is 4.76. The van der Waals surface area contributed by atoms with E-state index >= 15 is 0 Å². The lowest BCUT2D eigenvalue weighted by atomic mass is 9.96. The molecule has 0 radical (unpaired) electrons. The van der Waals surface area contributed by atoms with Crippen LogP contribution in [-0.4, -0.2) is 41.3 Å². The zero-order valence-corrected chi connectivity index (χ0v) is 10.3. The molecule has 1 atom stereocenters. The Morgan fingerprint density at radius 3 is 2.33 bits per heavy atom. The van der Waals surface area contributed by atoms with Crippen molar-refractivity contribution in [2.24, 2.45) is 5.92 Å². The van der Waals surface area contributed by atoms with Crippen LogP contribution in [0.4, 0.5) is 13.2 Å². The standard InChI is InChI=1S/C12H18F3NO2/c1-8(2)10(12(13,14)15)7-11(18)16-5-3-9(17)4-6-16/h9-10,17H,1,3-7H2,2H3. The summed E-state index contributed by atoms with van der Waals surface area (Å²) in [5, 5.41) is 9.28. The molecular formula is C12H18F3NO2. The Hall–Kier alpha value is -1.04. The molecule has 6 heteroatoms. The SMILES string of the molecule is C=C(C)C(CC(=O)N1CCC(O)CC1)C(F)(F)F. The Balaban J connectivity index is 2.59. The summed E-state index contributed by atoms with van der Waals surface area (Å²) in [5.41, 5.74) is -0.0482. The molecular weight excluding hydrogens is 247 g/mol. The second kappa shape index (κ2) is 5.73. The van der Waals surface area contributed by atoms with Crippen LogP contribution in [0, 0.1) is 5.92 Å². The minimum Gasteiger partial charge on any atom is -0.393 e. The fourth-order valence-corrected chi connectivity index (χ4v) is 1.99. The highest BCUT2D eigenvalue weighted by Gasteiger charge is 2.42. The number of likely N-dealkylation sites (tertiary alicyclic amines) is 1. The summed E-state index contributed by atoms with van der Waals surface area (Å²) >= 11 is 0. The first-order chi connectivity index (χ1) is 8.21. The average Bonchev–Trinajstić information content (AvgIpc) is 2.24. The summed E-state index contributed by atoms with van der Waals surface area (Å²) in [6.45, 7) is 5.22. The van der Waals surface area contributed by atoms with Crippen molar-refractivity contribution in [2.45, 2.75) is 38.5 Å². The number of piperidine rings is 1. The molecule has 0 aliphatic carbocycles. The van der Waals surface area contributed by atoms with Crippen molar-refractivity contribution in [1.29, 1.82) is 0 Å². The van der Waals surface area contributed by atoms with Gasteiger partial charge in [-0.05, 0) is 19.8 Å². The molecule has 0 saturated carbocycles. The Morgan fingerprint density at radius 2 is 1.94 bits per heavy atom. The first kappa shape index (κ1) is 15.0. The monoisotopic (exact) mass is 265 g/mol. The van der Waals surface area contributed by atoms with Gasteiger partial charge >= 0.3 is 6.18 Å². The smallest absolute Gasteiger partial charge is 0.393 e. The predicted molar refractivity (Wildman–Crippen MR) is 60.8 cm³/mol. The molecule has 1 saturated heterocycles. The van der Waals surface area contributed by atoms with Crippen LogP contribution in [0.1, 0.15) is 26.2 Å². The lowest BCUT2D eigenvalue weighted by Crippen LogP contribution is -2.42. The van der Waals surface area contributed by atoms with E-state index in [1.54, 1.807) is 0 Å². The second-order valence-corrected chi connectivity index (χ2v) is 4.76. The van der Waals surface area contributed by atoms with Crippen LogP contribution in [0.5, 0.6) is 0 Å². The van der Waals surface area contributed by atoms with E-state index in [1.165, 1.54) is 11.8 Å². The maximum Gasteiger partial charge on any atom is 0.395 e. The average molecular weight is 265 g/mol. The van der Waals surface area contributed by atoms with Gasteiger partial charge in [0.05, 0.1) is 12.0 Å². The number of nitrogens with zero attached hydrogens (tertiary/aromatic N) is 1. The van der Waals surface area contributed by atoms with Gasteiger partial charge in [-0.1, -0.05) is 12.2 Å². The topological polar surface area (TPSA) is 40.5 Å². The van der Waals surface area contributed by atoms with Gasteiger partial charge in [-0.25, -0.2) is 0 Å². The van der Waals surface area contributed by atoms with E-state index in [4.69, 9.17) is 0 Å². The number of amides is 1. The number of rotatable bonds is 3. The number of aliphatic hydroxyl groups is 1. The summed E-state index contributed by atoms with van der Waals surface area (Å²) in [7, 11) is 0. The zero-order chi connectivity index (χ0) is 13.9. The van der Waals surface area contributed by atoms with E-state index in [0.717, 1.165) is 0 Å². The summed E-state index contributed by atoms with van der Waals surface area (Å²) in [6.07, 6.45) is -4.62. The Morgan fingerprint density at radius 1 is 1.44 bits per heavy atom. The van der Waals surface area contributed by atoms with E-state index in [2.05, 4.69) is 6.58 Å². The number of hydrogen-bond donors (Lipinski definition) is 1. The number of hydrogen-bond acceptors (Lipinski definition) is 2.